The lowest BCUT2D eigenvalue weighted by molar-refractivity contribution is 0.509. The molecule has 0 aliphatic carbocycles. The van der Waals surface area contributed by atoms with Crippen molar-refractivity contribution >= 4 is 11.3 Å². The molecule has 0 amide bonds. The second kappa shape index (κ2) is 32.0. The zero-order valence-electron chi connectivity index (χ0n) is 26.9. The first kappa shape index (κ1) is 42.1. The molecule has 0 fully saturated rings. The third-order valence-corrected chi connectivity index (χ3v) is 6.01. The van der Waals surface area contributed by atoms with Gasteiger partial charge in [0, 0.05) is 18.5 Å². The van der Waals surface area contributed by atoms with Gasteiger partial charge in [0.15, 0.2) is 0 Å². The molecule has 1 atom stereocenters. The van der Waals surface area contributed by atoms with Crippen LogP contribution in [-0.4, -0.2) is 6.54 Å². The van der Waals surface area contributed by atoms with Crippen molar-refractivity contribution in [3.63, 3.8) is 0 Å². The summed E-state index contributed by atoms with van der Waals surface area (Å²) < 4.78 is 13.7. The predicted molar refractivity (Wildman–Crippen MR) is 173 cm³/mol. The fourth-order valence-corrected chi connectivity index (χ4v) is 2.77. The predicted octanol–water partition coefficient (Wildman–Crippen LogP) is 12.3. The lowest BCUT2D eigenvalue weighted by Crippen LogP contribution is -2.13. The quantitative estimate of drug-likeness (QED) is 0.280. The van der Waals surface area contributed by atoms with Gasteiger partial charge in [0.25, 0.3) is 0 Å². The van der Waals surface area contributed by atoms with Crippen LogP contribution in [0.1, 0.15) is 145 Å². The zero-order valence-corrected chi connectivity index (χ0v) is 26.9. The molecule has 1 unspecified atom stereocenters. The summed E-state index contributed by atoms with van der Waals surface area (Å²) >= 11 is 0. The van der Waals surface area contributed by atoms with Gasteiger partial charge in [-0.05, 0) is 55.9 Å². The average molecular weight is 518 g/mol. The molecule has 2 heteroatoms. The van der Waals surface area contributed by atoms with Crippen LogP contribution < -0.4 is 5.32 Å². The van der Waals surface area contributed by atoms with Gasteiger partial charge in [-0.1, -0.05) is 113 Å². The molecule has 1 N–H and O–H groups in total. The molecule has 0 bridgehead atoms. The van der Waals surface area contributed by atoms with Gasteiger partial charge in [-0.25, -0.2) is 4.39 Å². The van der Waals surface area contributed by atoms with Crippen molar-refractivity contribution < 1.29 is 4.39 Å². The van der Waals surface area contributed by atoms with Crippen molar-refractivity contribution in [3.05, 3.63) is 47.8 Å². The molecule has 0 saturated heterocycles. The number of fused-ring (bicyclic) bond motifs is 1. The van der Waals surface area contributed by atoms with E-state index < -0.39 is 0 Å². The number of terminal acetylenes is 1. The Labute approximate surface area is 233 Å². The summed E-state index contributed by atoms with van der Waals surface area (Å²) in [5.74, 6) is 3.34. The van der Waals surface area contributed by atoms with Gasteiger partial charge >= 0.3 is 0 Å². The van der Waals surface area contributed by atoms with Crippen molar-refractivity contribution in [1.82, 2.24) is 0 Å². The maximum atomic E-state index is 13.7. The van der Waals surface area contributed by atoms with Gasteiger partial charge < -0.3 is 5.32 Å². The van der Waals surface area contributed by atoms with Crippen LogP contribution in [0.4, 0.5) is 10.1 Å². The average Bonchev–Trinajstić information content (AvgIpc) is 2.93. The Balaban J connectivity index is -0.000000208. The van der Waals surface area contributed by atoms with Crippen LogP contribution in [0.25, 0.3) is 5.57 Å². The molecular weight excluding hydrogens is 453 g/mol. The molecule has 1 nitrogen and oxygen atoms in total. The highest BCUT2D eigenvalue weighted by Crippen LogP contribution is 2.33. The molecule has 2 rings (SSSR count). The van der Waals surface area contributed by atoms with Crippen LogP contribution in [-0.2, 0) is 6.42 Å². The van der Waals surface area contributed by atoms with Crippen molar-refractivity contribution in [1.29, 1.82) is 0 Å². The van der Waals surface area contributed by atoms with Crippen LogP contribution in [0.2, 0.25) is 0 Å². The van der Waals surface area contributed by atoms with Crippen molar-refractivity contribution in [2.24, 2.45) is 5.92 Å². The Kier molecular flexibility index (Phi) is 36.4. The number of aryl methyl sites for hydroxylation is 1. The van der Waals surface area contributed by atoms with Crippen molar-refractivity contribution in [2.75, 3.05) is 11.9 Å². The zero-order chi connectivity index (χ0) is 29.6. The van der Waals surface area contributed by atoms with E-state index in [9.17, 15) is 4.39 Å². The lowest BCUT2D eigenvalue weighted by Gasteiger charge is -2.22. The maximum absolute atomic E-state index is 13.7. The molecule has 0 saturated carbocycles. The molecule has 0 aromatic heterocycles. The minimum atomic E-state index is -0.129. The summed E-state index contributed by atoms with van der Waals surface area (Å²) in [6, 6.07) is 3.71. The Morgan fingerprint density at radius 2 is 1.41 bits per heavy atom. The maximum Gasteiger partial charge on any atom is 0.147 e. The van der Waals surface area contributed by atoms with Crippen LogP contribution in [0.3, 0.4) is 0 Å². The second-order valence-electron chi connectivity index (χ2n) is 9.37. The summed E-state index contributed by atoms with van der Waals surface area (Å²) in [7, 11) is 0. The monoisotopic (exact) mass is 518 g/mol. The van der Waals surface area contributed by atoms with E-state index in [2.05, 4.69) is 99.7 Å². The number of rotatable bonds is 7. The normalized spacial score (nSPS) is 11.3. The van der Waals surface area contributed by atoms with E-state index in [0.717, 1.165) is 42.9 Å². The van der Waals surface area contributed by atoms with Gasteiger partial charge in [-0.15, -0.1) is 25.5 Å². The number of anilines is 1. The van der Waals surface area contributed by atoms with E-state index in [1.54, 1.807) is 6.07 Å². The van der Waals surface area contributed by atoms with E-state index in [1.807, 2.05) is 6.92 Å². The SMILES string of the molecule is C#CCCC.C=C.CCCC.CCCC.CCCC(C)CC.CCc1cc(F)c2c(c1)C(C)=C(C)CN2. The largest absolute Gasteiger partial charge is 0.378 e. The number of allylic oxidation sites excluding steroid dienone is 1. The third kappa shape index (κ3) is 24.1. The Hall–Kier alpha value is -2.01. The van der Waals surface area contributed by atoms with Crippen molar-refractivity contribution in [3.8, 4) is 12.3 Å². The molecule has 37 heavy (non-hydrogen) atoms. The summed E-state index contributed by atoms with van der Waals surface area (Å²) in [5, 5.41) is 3.13. The molecule has 1 aromatic carbocycles. The molecule has 1 aliphatic rings. The number of nitrogens with one attached hydrogen (secondary N) is 1. The van der Waals surface area contributed by atoms with Gasteiger partial charge in [-0.2, -0.15) is 0 Å². The highest BCUT2D eigenvalue weighted by Gasteiger charge is 2.17. The molecule has 0 spiro atoms. The van der Waals surface area contributed by atoms with Crippen molar-refractivity contribution in [2.45, 2.75) is 140 Å². The number of benzene rings is 1. The van der Waals surface area contributed by atoms with Crippen LogP contribution in [0.5, 0.6) is 0 Å². The first-order valence-corrected chi connectivity index (χ1v) is 14.8. The first-order valence-electron chi connectivity index (χ1n) is 14.8. The topological polar surface area (TPSA) is 12.0 Å². The smallest absolute Gasteiger partial charge is 0.147 e. The van der Waals surface area contributed by atoms with Crippen LogP contribution in [0, 0.1) is 24.1 Å². The standard InChI is InChI=1S/C13H16FN.C7H16.C5H8.2C4H10.C2H4/c1-4-10-5-11-9(3)8(2)7-15-13(11)12(14)6-10;1-4-6-7(3)5-2;1-3-5-4-2;2*1-3-4-2;1-2/h5-6,15H,4,7H2,1-3H3;7H,4-6H2,1-3H3;1H,4-5H2,2H3;2*3-4H2,1-2H3;1-2H2. The van der Waals surface area contributed by atoms with E-state index in [-0.39, 0.29) is 5.82 Å². The van der Waals surface area contributed by atoms with Gasteiger partial charge in [-0.3, -0.25) is 0 Å². The molecule has 1 aromatic rings. The van der Waals surface area contributed by atoms with Crippen LogP contribution >= 0.6 is 0 Å². The fourth-order valence-electron chi connectivity index (χ4n) is 2.77. The van der Waals surface area contributed by atoms with Gasteiger partial charge in [0.05, 0.1) is 5.69 Å². The number of hydrogen-bond acceptors (Lipinski definition) is 1. The van der Waals surface area contributed by atoms with E-state index in [4.69, 9.17) is 6.42 Å². The molecule has 216 valence electrons. The molecule has 1 aliphatic heterocycles. The highest BCUT2D eigenvalue weighted by molar-refractivity contribution is 5.81. The Morgan fingerprint density at radius 3 is 1.70 bits per heavy atom. The Bertz CT molecular complexity index is 688. The number of halogens is 1. The lowest BCUT2D eigenvalue weighted by atomic mass is 9.94. The third-order valence-electron chi connectivity index (χ3n) is 6.01. The molecule has 0 radical (unpaired) electrons. The first-order chi connectivity index (χ1) is 17.7. The minimum absolute atomic E-state index is 0.129. The van der Waals surface area contributed by atoms with Crippen LogP contribution in [0.15, 0.2) is 30.9 Å². The fraction of sp³-hybridized carbons (Fsp3) is 0.657. The van der Waals surface area contributed by atoms with Gasteiger partial charge in [0.1, 0.15) is 5.82 Å². The van der Waals surface area contributed by atoms with E-state index in [1.165, 1.54) is 56.1 Å². The van der Waals surface area contributed by atoms with E-state index in [0.29, 0.717) is 5.69 Å². The summed E-state index contributed by atoms with van der Waals surface area (Å²) in [4.78, 5) is 0. The summed E-state index contributed by atoms with van der Waals surface area (Å²) in [5.41, 5.74) is 5.24. The summed E-state index contributed by atoms with van der Waals surface area (Å²) in [6.07, 6.45) is 17.1. The molecule has 1 heterocycles. The summed E-state index contributed by atoms with van der Waals surface area (Å²) in [6.45, 7) is 30.5. The second-order valence-corrected chi connectivity index (χ2v) is 9.37. The van der Waals surface area contributed by atoms with E-state index >= 15 is 0 Å². The highest BCUT2D eigenvalue weighted by atomic mass is 19.1. The Morgan fingerprint density at radius 1 is 0.892 bits per heavy atom. The molecular formula is C35H64FN. The minimum Gasteiger partial charge on any atom is -0.378 e. The van der Waals surface area contributed by atoms with Gasteiger partial charge in [0.2, 0.25) is 0 Å². The number of unbranched alkanes of at least 4 members (excludes halogenated alkanes) is 3. The number of hydrogen-bond donors (Lipinski definition) is 1.